The molecule has 0 saturated carbocycles. The van der Waals surface area contributed by atoms with E-state index in [-0.39, 0.29) is 5.69 Å². The molecule has 0 N–H and O–H groups in total. The average Bonchev–Trinajstić information content (AvgIpc) is 2.38. The zero-order chi connectivity index (χ0) is 13.2. The number of nitro benzene ring substituents is 1. The fourth-order valence-corrected chi connectivity index (χ4v) is 1.31. The molecule has 18 heavy (non-hydrogen) atoms. The van der Waals surface area contributed by atoms with Crippen molar-refractivity contribution < 1.29 is 19.1 Å². The van der Waals surface area contributed by atoms with Gasteiger partial charge in [0.25, 0.3) is 5.69 Å². The Labute approximate surface area is 106 Å². The van der Waals surface area contributed by atoms with E-state index in [0.29, 0.717) is 33.0 Å². The lowest BCUT2D eigenvalue weighted by Crippen LogP contribution is -2.08. The number of nitro groups is 1. The van der Waals surface area contributed by atoms with E-state index in [9.17, 15) is 10.1 Å². The third kappa shape index (κ3) is 5.72. The third-order valence-electron chi connectivity index (χ3n) is 2.19. The van der Waals surface area contributed by atoms with Crippen LogP contribution in [0.4, 0.5) is 5.69 Å². The summed E-state index contributed by atoms with van der Waals surface area (Å²) in [5.41, 5.74) is 0.855. The number of benzene rings is 1. The van der Waals surface area contributed by atoms with Crippen molar-refractivity contribution in [2.24, 2.45) is 0 Å². The quantitative estimate of drug-likeness (QED) is 0.382. The standard InChI is InChI=1S/C12H17NO5/c1-16-5-6-17-7-8-18-10-11-3-2-4-12(9-11)13(14)15/h2-4,9H,5-8,10H2,1H3. The first-order chi connectivity index (χ1) is 8.74. The Morgan fingerprint density at radius 2 is 1.89 bits per heavy atom. The molecule has 0 fully saturated rings. The molecule has 6 nitrogen and oxygen atoms in total. The van der Waals surface area contributed by atoms with Crippen LogP contribution in [0.3, 0.4) is 0 Å². The number of nitrogens with zero attached hydrogens (tertiary/aromatic N) is 1. The maximum atomic E-state index is 10.6. The predicted molar refractivity (Wildman–Crippen MR) is 65.4 cm³/mol. The maximum Gasteiger partial charge on any atom is 0.269 e. The highest BCUT2D eigenvalue weighted by atomic mass is 16.6. The van der Waals surface area contributed by atoms with Crippen LogP contribution in [0.1, 0.15) is 5.56 Å². The first-order valence-corrected chi connectivity index (χ1v) is 5.62. The van der Waals surface area contributed by atoms with Crippen LogP contribution in [-0.2, 0) is 20.8 Å². The van der Waals surface area contributed by atoms with Crippen molar-refractivity contribution in [3.05, 3.63) is 39.9 Å². The molecule has 0 aliphatic carbocycles. The van der Waals surface area contributed by atoms with E-state index in [0.717, 1.165) is 5.56 Å². The van der Waals surface area contributed by atoms with Crippen LogP contribution >= 0.6 is 0 Å². The lowest BCUT2D eigenvalue weighted by molar-refractivity contribution is -0.384. The Hall–Kier alpha value is -1.50. The van der Waals surface area contributed by atoms with Gasteiger partial charge in [-0.3, -0.25) is 10.1 Å². The minimum Gasteiger partial charge on any atom is -0.382 e. The summed E-state index contributed by atoms with van der Waals surface area (Å²) in [5, 5.41) is 10.6. The molecule has 1 aromatic carbocycles. The van der Waals surface area contributed by atoms with E-state index >= 15 is 0 Å². The van der Waals surface area contributed by atoms with E-state index < -0.39 is 4.92 Å². The van der Waals surface area contributed by atoms with Gasteiger partial charge in [0.1, 0.15) is 0 Å². The predicted octanol–water partition coefficient (Wildman–Crippen LogP) is 1.77. The van der Waals surface area contributed by atoms with Gasteiger partial charge >= 0.3 is 0 Å². The molecule has 1 rings (SSSR count). The van der Waals surface area contributed by atoms with Crippen molar-refractivity contribution in [3.63, 3.8) is 0 Å². The summed E-state index contributed by atoms with van der Waals surface area (Å²) < 4.78 is 15.4. The Morgan fingerprint density at radius 3 is 2.61 bits per heavy atom. The van der Waals surface area contributed by atoms with Gasteiger partial charge in [-0.15, -0.1) is 0 Å². The SMILES string of the molecule is COCCOCCOCc1cccc([N+](=O)[O-])c1. The summed E-state index contributed by atoms with van der Waals surface area (Å²) >= 11 is 0. The largest absolute Gasteiger partial charge is 0.382 e. The first-order valence-electron chi connectivity index (χ1n) is 5.62. The van der Waals surface area contributed by atoms with Gasteiger partial charge in [0.05, 0.1) is 38.0 Å². The molecule has 0 bridgehead atoms. The normalized spacial score (nSPS) is 10.5. The second-order valence-corrected chi connectivity index (χ2v) is 3.58. The number of rotatable bonds is 9. The van der Waals surface area contributed by atoms with E-state index in [2.05, 4.69) is 0 Å². The summed E-state index contributed by atoms with van der Waals surface area (Å²) in [4.78, 5) is 10.1. The van der Waals surface area contributed by atoms with Gasteiger partial charge in [-0.05, 0) is 5.56 Å². The summed E-state index contributed by atoms with van der Waals surface area (Å²) in [6.45, 7) is 2.38. The van der Waals surface area contributed by atoms with Gasteiger partial charge < -0.3 is 14.2 Å². The van der Waals surface area contributed by atoms with Crippen molar-refractivity contribution in [2.45, 2.75) is 6.61 Å². The van der Waals surface area contributed by atoms with Gasteiger partial charge in [-0.1, -0.05) is 12.1 Å². The molecule has 0 aromatic heterocycles. The first kappa shape index (κ1) is 14.6. The topological polar surface area (TPSA) is 70.8 Å². The second kappa shape index (κ2) is 8.57. The van der Waals surface area contributed by atoms with Gasteiger partial charge in [0, 0.05) is 19.2 Å². The van der Waals surface area contributed by atoms with Gasteiger partial charge in [0.2, 0.25) is 0 Å². The highest BCUT2D eigenvalue weighted by Crippen LogP contribution is 2.13. The second-order valence-electron chi connectivity index (χ2n) is 3.58. The van der Waals surface area contributed by atoms with E-state index in [1.54, 1.807) is 19.2 Å². The zero-order valence-electron chi connectivity index (χ0n) is 10.3. The van der Waals surface area contributed by atoms with Crippen LogP contribution in [0, 0.1) is 10.1 Å². The summed E-state index contributed by atoms with van der Waals surface area (Å²) in [7, 11) is 1.61. The number of ether oxygens (including phenoxy) is 3. The summed E-state index contributed by atoms with van der Waals surface area (Å²) in [6.07, 6.45) is 0. The number of hydrogen-bond donors (Lipinski definition) is 0. The van der Waals surface area contributed by atoms with Crippen molar-refractivity contribution in [2.75, 3.05) is 33.5 Å². The van der Waals surface area contributed by atoms with Crippen LogP contribution in [0.5, 0.6) is 0 Å². The fourth-order valence-electron chi connectivity index (χ4n) is 1.31. The summed E-state index contributed by atoms with van der Waals surface area (Å²) in [5.74, 6) is 0. The minimum absolute atomic E-state index is 0.0763. The highest BCUT2D eigenvalue weighted by Gasteiger charge is 2.05. The van der Waals surface area contributed by atoms with E-state index in [4.69, 9.17) is 14.2 Å². The molecule has 0 aliphatic heterocycles. The molecule has 0 aliphatic rings. The number of non-ortho nitro benzene ring substituents is 1. The molecule has 0 heterocycles. The van der Waals surface area contributed by atoms with Crippen LogP contribution in [0.25, 0.3) is 0 Å². The van der Waals surface area contributed by atoms with Crippen molar-refractivity contribution in [1.82, 2.24) is 0 Å². The van der Waals surface area contributed by atoms with Gasteiger partial charge in [0.15, 0.2) is 0 Å². The van der Waals surface area contributed by atoms with Crippen molar-refractivity contribution >= 4 is 5.69 Å². The highest BCUT2D eigenvalue weighted by molar-refractivity contribution is 5.33. The van der Waals surface area contributed by atoms with Crippen LogP contribution < -0.4 is 0 Å². The molecule has 0 radical (unpaired) electrons. The average molecular weight is 255 g/mol. The van der Waals surface area contributed by atoms with Crippen LogP contribution in [-0.4, -0.2) is 38.5 Å². The monoisotopic (exact) mass is 255 g/mol. The number of hydrogen-bond acceptors (Lipinski definition) is 5. The Kier molecular flexibility index (Phi) is 6.93. The van der Waals surface area contributed by atoms with Crippen LogP contribution in [0.15, 0.2) is 24.3 Å². The lowest BCUT2D eigenvalue weighted by Gasteiger charge is -2.05. The number of methoxy groups -OCH3 is 1. The lowest BCUT2D eigenvalue weighted by atomic mass is 10.2. The molecular formula is C12H17NO5. The molecule has 100 valence electrons. The van der Waals surface area contributed by atoms with Crippen LogP contribution in [0.2, 0.25) is 0 Å². The molecule has 6 heteroatoms. The van der Waals surface area contributed by atoms with Gasteiger partial charge in [-0.2, -0.15) is 0 Å². The molecule has 0 atom stereocenters. The molecule has 1 aromatic rings. The molecular weight excluding hydrogens is 238 g/mol. The molecule has 0 spiro atoms. The molecule has 0 amide bonds. The smallest absolute Gasteiger partial charge is 0.269 e. The minimum atomic E-state index is -0.419. The molecule has 0 saturated heterocycles. The Bertz CT molecular complexity index is 369. The Balaban J connectivity index is 2.19. The molecule has 0 unspecified atom stereocenters. The van der Waals surface area contributed by atoms with E-state index in [1.807, 2.05) is 0 Å². The summed E-state index contributed by atoms with van der Waals surface area (Å²) in [6, 6.07) is 6.40. The zero-order valence-corrected chi connectivity index (χ0v) is 10.3. The van der Waals surface area contributed by atoms with Gasteiger partial charge in [-0.25, -0.2) is 0 Å². The maximum absolute atomic E-state index is 10.6. The van der Waals surface area contributed by atoms with E-state index in [1.165, 1.54) is 12.1 Å². The third-order valence-corrected chi connectivity index (χ3v) is 2.19. The fraction of sp³-hybridized carbons (Fsp3) is 0.500. The Morgan fingerprint density at radius 1 is 1.17 bits per heavy atom. The van der Waals surface area contributed by atoms with Crippen molar-refractivity contribution in [1.29, 1.82) is 0 Å². The van der Waals surface area contributed by atoms with Crippen molar-refractivity contribution in [3.8, 4) is 0 Å².